The second-order valence-corrected chi connectivity index (χ2v) is 18.4. The van der Waals surface area contributed by atoms with Crippen molar-refractivity contribution in [3.63, 3.8) is 0 Å². The van der Waals surface area contributed by atoms with E-state index in [1.54, 1.807) is 23.5 Å². The van der Waals surface area contributed by atoms with Gasteiger partial charge in [0.25, 0.3) is 5.91 Å². The first kappa shape index (κ1) is 48.6. The maximum Gasteiger partial charge on any atom is 0.265 e. The summed E-state index contributed by atoms with van der Waals surface area (Å²) in [6, 6.07) is 20.9. The van der Waals surface area contributed by atoms with E-state index >= 15 is 0 Å². The average Bonchev–Trinajstić information content (AvgIpc) is 3.88. The van der Waals surface area contributed by atoms with E-state index in [1.807, 2.05) is 108 Å². The number of anilines is 1. The molecule has 0 radical (unpaired) electrons. The summed E-state index contributed by atoms with van der Waals surface area (Å²) >= 11 is 1.58. The zero-order chi connectivity index (χ0) is 45.5. The minimum absolute atomic E-state index is 0.0167. The number of aliphatic hydroxyl groups excluding tert-OH is 1. The number of nitrogens with zero attached hydrogens (tertiary/aromatic N) is 2. The second-order valence-electron chi connectivity index (χ2n) is 17.6. The van der Waals surface area contributed by atoms with Gasteiger partial charge in [-0.15, -0.1) is 11.3 Å². The molecule has 6 N–H and O–H groups in total. The molecule has 0 saturated carbocycles. The van der Waals surface area contributed by atoms with Crippen molar-refractivity contribution in [2.45, 2.75) is 130 Å². The van der Waals surface area contributed by atoms with Crippen molar-refractivity contribution in [2.24, 2.45) is 5.41 Å². The van der Waals surface area contributed by atoms with Gasteiger partial charge in [0.15, 0.2) is 0 Å². The van der Waals surface area contributed by atoms with Gasteiger partial charge < -0.3 is 26.0 Å². The SMILES string of the molecule is CCCNNC(=O)c1ccc(-c2ccc(NC(=O)CCCCCCCCC(=O)NC(C(=O)N3C[C@H](O)C[C@H]3C(=O)NC(C)c3ccc(-c4scnc4C)cc3)C(C)(C)C)cc2)cc1. The highest BCUT2D eigenvalue weighted by Crippen LogP contribution is 2.30. The molecule has 2 heterocycles. The van der Waals surface area contributed by atoms with Gasteiger partial charge in [0.05, 0.1) is 28.2 Å². The molecule has 13 nitrogen and oxygen atoms in total. The summed E-state index contributed by atoms with van der Waals surface area (Å²) in [4.78, 5) is 72.5. The number of hydrogen-bond donors (Lipinski definition) is 6. The Morgan fingerprint density at radius 2 is 1.40 bits per heavy atom. The normalized spacial score (nSPS) is 16.0. The molecule has 0 bridgehead atoms. The first-order valence-electron chi connectivity index (χ1n) is 22.3. The summed E-state index contributed by atoms with van der Waals surface area (Å²) in [5.41, 5.74) is 12.9. The van der Waals surface area contributed by atoms with E-state index < -0.39 is 23.6 Å². The van der Waals surface area contributed by atoms with Crippen LogP contribution in [0.25, 0.3) is 21.6 Å². The lowest BCUT2D eigenvalue weighted by Crippen LogP contribution is -2.57. The van der Waals surface area contributed by atoms with Crippen LogP contribution in [0.1, 0.15) is 126 Å². The number of unbranched alkanes of at least 4 members (excludes halogenated alkanes) is 5. The Balaban J connectivity index is 0.987. The van der Waals surface area contributed by atoms with Crippen LogP contribution in [0.4, 0.5) is 5.69 Å². The molecule has 1 aromatic heterocycles. The molecule has 5 amide bonds. The van der Waals surface area contributed by atoms with Gasteiger partial charge in [-0.25, -0.2) is 10.4 Å². The molecular weight excluding hydrogens is 815 g/mol. The molecule has 1 aliphatic heterocycles. The number of hydrogen-bond acceptors (Lipinski definition) is 9. The summed E-state index contributed by atoms with van der Waals surface area (Å²) in [5.74, 6) is -1.17. The number of aliphatic hydroxyl groups is 1. The number of aryl methyl sites for hydroxylation is 1. The summed E-state index contributed by atoms with van der Waals surface area (Å²) in [6.07, 6.45) is 5.92. The van der Waals surface area contributed by atoms with Gasteiger partial charge >= 0.3 is 0 Å². The Bertz CT molecular complexity index is 2130. The molecule has 4 aromatic rings. The minimum atomic E-state index is -0.874. The van der Waals surface area contributed by atoms with Crippen molar-refractivity contribution in [3.05, 3.63) is 95.1 Å². The number of rotatable bonds is 21. The fourth-order valence-electron chi connectivity index (χ4n) is 7.65. The highest BCUT2D eigenvalue weighted by molar-refractivity contribution is 7.13. The first-order valence-corrected chi connectivity index (χ1v) is 23.1. The van der Waals surface area contributed by atoms with Crippen molar-refractivity contribution >= 4 is 46.6 Å². The molecule has 0 aliphatic carbocycles. The van der Waals surface area contributed by atoms with Crippen LogP contribution in [0, 0.1) is 12.3 Å². The quantitative estimate of drug-likeness (QED) is 0.0361. The van der Waals surface area contributed by atoms with E-state index in [1.165, 1.54) is 4.90 Å². The summed E-state index contributed by atoms with van der Waals surface area (Å²) in [5, 5.41) is 19.6. The molecule has 0 spiro atoms. The molecule has 4 atom stereocenters. The van der Waals surface area contributed by atoms with Crippen molar-refractivity contribution in [2.75, 3.05) is 18.4 Å². The number of likely N-dealkylation sites (tertiary alicyclic amines) is 1. The van der Waals surface area contributed by atoms with Gasteiger partial charge in [-0.2, -0.15) is 0 Å². The lowest BCUT2D eigenvalue weighted by molar-refractivity contribution is -0.144. The number of aromatic nitrogens is 1. The molecule has 5 rings (SSSR count). The predicted molar refractivity (Wildman–Crippen MR) is 250 cm³/mol. The number of benzene rings is 3. The number of β-amino-alcohol motifs (C(OH)–C–C–N with tert-alkyl or cyclic N) is 1. The molecule has 1 fully saturated rings. The third-order valence-electron chi connectivity index (χ3n) is 11.3. The molecule has 338 valence electrons. The molecular formula is C49H65N7O6S. The van der Waals surface area contributed by atoms with E-state index in [9.17, 15) is 29.1 Å². The van der Waals surface area contributed by atoms with Crippen LogP contribution < -0.4 is 26.8 Å². The monoisotopic (exact) mass is 879 g/mol. The van der Waals surface area contributed by atoms with Gasteiger partial charge in [0, 0.05) is 43.6 Å². The van der Waals surface area contributed by atoms with E-state index in [0.717, 1.165) is 77.0 Å². The Labute approximate surface area is 376 Å². The Morgan fingerprint density at radius 3 is 1.98 bits per heavy atom. The highest BCUT2D eigenvalue weighted by atomic mass is 32.1. The van der Waals surface area contributed by atoms with Crippen LogP contribution in [-0.4, -0.2) is 75.8 Å². The van der Waals surface area contributed by atoms with Crippen LogP contribution >= 0.6 is 11.3 Å². The number of hydrazine groups is 1. The smallest absolute Gasteiger partial charge is 0.265 e. The second kappa shape index (κ2) is 23.3. The van der Waals surface area contributed by atoms with Gasteiger partial charge in [0.2, 0.25) is 23.6 Å². The summed E-state index contributed by atoms with van der Waals surface area (Å²) in [7, 11) is 0. The molecule has 63 heavy (non-hydrogen) atoms. The third kappa shape index (κ3) is 14.3. The van der Waals surface area contributed by atoms with Crippen molar-refractivity contribution < 1.29 is 29.1 Å². The number of carbonyl (C=O) groups excluding carboxylic acids is 5. The number of amides is 5. The minimum Gasteiger partial charge on any atom is -0.391 e. The Hall–Kier alpha value is -5.44. The van der Waals surface area contributed by atoms with E-state index in [4.69, 9.17) is 0 Å². The van der Waals surface area contributed by atoms with Crippen LogP contribution in [0.3, 0.4) is 0 Å². The largest absolute Gasteiger partial charge is 0.391 e. The predicted octanol–water partition coefficient (Wildman–Crippen LogP) is 7.86. The van der Waals surface area contributed by atoms with Gasteiger partial charge in [-0.3, -0.25) is 29.4 Å². The lowest BCUT2D eigenvalue weighted by Gasteiger charge is -2.35. The van der Waals surface area contributed by atoms with Gasteiger partial charge in [0.1, 0.15) is 12.1 Å². The maximum absolute atomic E-state index is 14.0. The van der Waals surface area contributed by atoms with Gasteiger partial charge in [-0.1, -0.05) is 102 Å². The zero-order valence-corrected chi connectivity index (χ0v) is 38.4. The van der Waals surface area contributed by atoms with Gasteiger partial charge in [-0.05, 0) is 85.0 Å². The number of nitrogens with one attached hydrogen (secondary N) is 5. The van der Waals surface area contributed by atoms with Crippen LogP contribution in [0.2, 0.25) is 0 Å². The summed E-state index contributed by atoms with van der Waals surface area (Å²) < 4.78 is 0. The topological polar surface area (TPSA) is 182 Å². The molecule has 3 aromatic carbocycles. The van der Waals surface area contributed by atoms with Crippen LogP contribution in [0.15, 0.2) is 78.3 Å². The standard InChI is InChI=1S/C49H65N7O6S/c1-7-28-51-55-46(60)38-22-18-35(19-23-38)36-24-26-39(27-25-36)53-42(58)14-12-10-8-9-11-13-15-43(59)54-45(49(4,5)6)48(62)56-30-40(57)29-41(56)47(61)52-32(2)34-16-20-37(21-17-34)44-33(3)50-31-63-44/h16-27,31-32,40-41,45,51,57H,7-15,28-30H2,1-6H3,(H,52,61)(H,53,58)(H,54,59)(H,55,60)/t32?,40-,41+,45?/m1/s1. The van der Waals surface area contributed by atoms with Crippen molar-refractivity contribution in [3.8, 4) is 21.6 Å². The van der Waals surface area contributed by atoms with Crippen LogP contribution in [0.5, 0.6) is 0 Å². The first-order chi connectivity index (χ1) is 30.1. The molecule has 2 unspecified atom stereocenters. The van der Waals surface area contributed by atoms with Crippen molar-refractivity contribution in [1.82, 2.24) is 31.4 Å². The van der Waals surface area contributed by atoms with E-state index in [-0.39, 0.29) is 55.0 Å². The molecule has 1 saturated heterocycles. The fraction of sp³-hybridized carbons (Fsp3) is 0.469. The fourth-order valence-corrected chi connectivity index (χ4v) is 8.46. The average molecular weight is 880 g/mol. The summed E-state index contributed by atoms with van der Waals surface area (Å²) in [6.45, 7) is 12.3. The van der Waals surface area contributed by atoms with Crippen molar-refractivity contribution in [1.29, 1.82) is 0 Å². The van der Waals surface area contributed by atoms with E-state index in [2.05, 4.69) is 31.8 Å². The third-order valence-corrected chi connectivity index (χ3v) is 12.3. The number of carbonyl (C=O) groups is 5. The van der Waals surface area contributed by atoms with E-state index in [0.29, 0.717) is 24.9 Å². The molecule has 14 heteroatoms. The lowest BCUT2D eigenvalue weighted by atomic mass is 9.85. The van der Waals surface area contributed by atoms with Crippen LogP contribution in [-0.2, 0) is 19.2 Å². The maximum atomic E-state index is 14.0. The zero-order valence-electron chi connectivity index (χ0n) is 37.6. The number of thiazole rings is 1. The Morgan fingerprint density at radius 1 is 0.810 bits per heavy atom. The molecule has 1 aliphatic rings. The highest BCUT2D eigenvalue weighted by Gasteiger charge is 2.44. The Kier molecular flexibility index (Phi) is 18.0.